The van der Waals surface area contributed by atoms with Crippen LogP contribution >= 0.6 is 0 Å². The first-order valence-electron chi connectivity index (χ1n) is 19.1. The number of nitrogens with one attached hydrogen (secondary N) is 3. The van der Waals surface area contributed by atoms with E-state index in [1.807, 2.05) is 53.4 Å². The average Bonchev–Trinajstić information content (AvgIpc) is 3.65. The zero-order valence-electron chi connectivity index (χ0n) is 35.2. The van der Waals surface area contributed by atoms with Gasteiger partial charge >= 0.3 is 0 Å². The van der Waals surface area contributed by atoms with Gasteiger partial charge in [-0.3, -0.25) is 9.44 Å². The number of benzene rings is 3. The summed E-state index contributed by atoms with van der Waals surface area (Å²) >= 11 is 0. The van der Waals surface area contributed by atoms with Crippen LogP contribution in [0, 0.1) is 69.1 Å². The number of anilines is 3. The van der Waals surface area contributed by atoms with Gasteiger partial charge in [0.2, 0.25) is 30.1 Å². The summed E-state index contributed by atoms with van der Waals surface area (Å²) < 4.78 is 78.5. The van der Waals surface area contributed by atoms with Gasteiger partial charge in [0.25, 0.3) is 5.70 Å². The molecule has 0 atom stereocenters. The number of sulfonamides is 3. The molecule has 0 radical (unpaired) electrons. The Bertz CT molecular complexity index is 3120. The molecule has 0 amide bonds. The van der Waals surface area contributed by atoms with Crippen LogP contribution in [-0.4, -0.2) is 57.1 Å². The van der Waals surface area contributed by atoms with Crippen molar-refractivity contribution in [3.05, 3.63) is 172 Å². The second-order valence-corrected chi connectivity index (χ2v) is 19.4. The molecule has 0 heterocycles. The van der Waals surface area contributed by atoms with Crippen LogP contribution in [0.3, 0.4) is 0 Å². The Hall–Kier alpha value is -8.01. The SMILES string of the molecule is [C-]#[N+]/C(C#N)=C(/C(C#N)=C/C=C/C1=C(N(CCNS(C)(=O)=O)c2ccccc2)C(=C/C=C/C(C#N)=C(\c2ccc(NS(C)(=O)=O)cc2)C(C#N)C#N)/CC1)c1ccc(NS(C)(=O)=O)cc1. The maximum absolute atomic E-state index is 12.1. The standard InChI is InChI=1S/C46H40N10O6S3/c1-52-43(32-51)45(34-20-24-41(25-21-34)55-65(4,61)62)38(29-48)13-9-11-36-17-16-35(46(36)56(27-26-53-63(2,57)58)42-14-6-5-7-15-42)10-8-12-37(28-47)44(39(30-49)31-50)33-18-22-40(23-19-33)54-64(3,59)60/h5-15,18-25,39,53-55H,16-17,26-27H2,2-4H3/b11-9+,12-8+,35-10+,38-13+,44-37-,45-43+. The second kappa shape index (κ2) is 22.4. The van der Waals surface area contributed by atoms with E-state index >= 15 is 0 Å². The molecule has 1 aliphatic rings. The van der Waals surface area contributed by atoms with Crippen LogP contribution in [0.15, 0.2) is 149 Å². The molecule has 0 unspecified atom stereocenters. The number of hydrogen-bond donors (Lipinski definition) is 3. The number of nitrogens with zero attached hydrogens (tertiary/aromatic N) is 7. The largest absolute Gasteiger partial charge is 0.340 e. The van der Waals surface area contributed by atoms with Gasteiger partial charge < -0.3 is 4.90 Å². The summed E-state index contributed by atoms with van der Waals surface area (Å²) in [6, 6.07) is 30.7. The Morgan fingerprint density at radius 2 is 1.34 bits per heavy atom. The van der Waals surface area contributed by atoms with Crippen LogP contribution < -0.4 is 19.1 Å². The molecule has 0 saturated heterocycles. The van der Waals surface area contributed by atoms with Gasteiger partial charge in [0.05, 0.1) is 66.8 Å². The van der Waals surface area contributed by atoms with Crippen molar-refractivity contribution in [3.63, 3.8) is 0 Å². The first-order chi connectivity index (χ1) is 30.8. The fraction of sp³-hybridized carbons (Fsp3) is 0.174. The lowest BCUT2D eigenvalue weighted by Gasteiger charge is -2.28. The van der Waals surface area contributed by atoms with E-state index < -0.39 is 36.0 Å². The number of allylic oxidation sites excluding steroid dienone is 13. The van der Waals surface area contributed by atoms with E-state index in [9.17, 15) is 51.6 Å². The summed E-state index contributed by atoms with van der Waals surface area (Å²) in [4.78, 5) is 5.26. The average molecular weight is 925 g/mol. The Morgan fingerprint density at radius 1 is 0.754 bits per heavy atom. The van der Waals surface area contributed by atoms with Crippen LogP contribution in [0.25, 0.3) is 16.0 Å². The summed E-state index contributed by atoms with van der Waals surface area (Å²) in [5, 5.41) is 50.3. The lowest BCUT2D eigenvalue weighted by molar-refractivity contribution is 0.587. The van der Waals surface area contributed by atoms with Crippen molar-refractivity contribution in [1.82, 2.24) is 4.72 Å². The first-order valence-corrected chi connectivity index (χ1v) is 24.8. The predicted octanol–water partition coefficient (Wildman–Crippen LogP) is 6.82. The van der Waals surface area contributed by atoms with Crippen molar-refractivity contribution in [3.8, 4) is 30.3 Å². The van der Waals surface area contributed by atoms with E-state index in [0.29, 0.717) is 35.4 Å². The molecule has 16 nitrogen and oxygen atoms in total. The molecule has 0 aliphatic heterocycles. The summed E-state index contributed by atoms with van der Waals surface area (Å²) in [6.45, 7) is 7.83. The molecule has 0 aromatic heterocycles. The summed E-state index contributed by atoms with van der Waals surface area (Å²) in [6.07, 6.45) is 13.5. The Labute approximate surface area is 379 Å². The summed E-state index contributed by atoms with van der Waals surface area (Å²) in [5.41, 5.74) is 3.75. The maximum atomic E-state index is 12.1. The van der Waals surface area contributed by atoms with Crippen LogP contribution in [0.1, 0.15) is 24.0 Å². The number of nitriles is 5. The highest BCUT2D eigenvalue weighted by atomic mass is 32.2. The third kappa shape index (κ3) is 14.5. The maximum Gasteiger partial charge on any atom is 0.270 e. The monoisotopic (exact) mass is 924 g/mol. The van der Waals surface area contributed by atoms with Gasteiger partial charge in [0.15, 0.2) is 5.92 Å². The Balaban J connectivity index is 1.90. The molecular formula is C46H40N10O6S3. The minimum absolute atomic E-state index is 0.00448. The van der Waals surface area contributed by atoms with Gasteiger partial charge in [-0.15, -0.1) is 0 Å². The highest BCUT2D eigenvalue weighted by Gasteiger charge is 2.25. The molecule has 1 aliphatic carbocycles. The molecule has 0 bridgehead atoms. The molecule has 3 aromatic rings. The predicted molar refractivity (Wildman–Crippen MR) is 249 cm³/mol. The highest BCUT2D eigenvalue weighted by molar-refractivity contribution is 7.92. The third-order valence-electron chi connectivity index (χ3n) is 9.21. The molecule has 65 heavy (non-hydrogen) atoms. The van der Waals surface area contributed by atoms with E-state index in [0.717, 1.165) is 29.9 Å². The first kappa shape index (κ1) is 49.6. The molecule has 0 fully saturated rings. The summed E-state index contributed by atoms with van der Waals surface area (Å²) in [7, 11) is -10.8. The van der Waals surface area contributed by atoms with Crippen LogP contribution in [-0.2, 0) is 30.1 Å². The van der Waals surface area contributed by atoms with Gasteiger partial charge in [-0.05, 0) is 83.7 Å². The highest BCUT2D eigenvalue weighted by Crippen LogP contribution is 2.38. The second-order valence-electron chi connectivity index (χ2n) is 14.1. The molecule has 3 aromatic carbocycles. The van der Waals surface area contributed by atoms with Crippen molar-refractivity contribution in [1.29, 1.82) is 26.3 Å². The number of para-hydroxylation sites is 1. The lowest BCUT2D eigenvalue weighted by atomic mass is 9.90. The van der Waals surface area contributed by atoms with E-state index in [2.05, 4.69) is 31.1 Å². The molecule has 328 valence electrons. The molecule has 3 N–H and O–H groups in total. The van der Waals surface area contributed by atoms with Crippen molar-refractivity contribution in [2.45, 2.75) is 12.8 Å². The van der Waals surface area contributed by atoms with Gasteiger partial charge in [0, 0.05) is 47.0 Å². The zero-order chi connectivity index (χ0) is 47.8. The zero-order valence-corrected chi connectivity index (χ0v) is 37.6. The molecule has 0 spiro atoms. The van der Waals surface area contributed by atoms with E-state index in [1.54, 1.807) is 24.3 Å². The minimum Gasteiger partial charge on any atom is -0.340 e. The fourth-order valence-electron chi connectivity index (χ4n) is 6.63. The molecular weight excluding hydrogens is 885 g/mol. The van der Waals surface area contributed by atoms with E-state index in [-0.39, 0.29) is 52.5 Å². The number of hydrogen-bond acceptors (Lipinski definition) is 12. The molecule has 4 rings (SSSR count). The number of rotatable bonds is 18. The lowest BCUT2D eigenvalue weighted by Crippen LogP contribution is -2.34. The molecule has 0 saturated carbocycles. The fourth-order valence-corrected chi connectivity index (χ4v) is 8.22. The van der Waals surface area contributed by atoms with Crippen molar-refractivity contribution in [2.24, 2.45) is 5.92 Å². The van der Waals surface area contributed by atoms with Gasteiger partial charge in [-0.25, -0.2) is 40.1 Å². The van der Waals surface area contributed by atoms with Crippen LogP contribution in [0.4, 0.5) is 17.1 Å². The topological polar surface area (TPSA) is 265 Å². The van der Waals surface area contributed by atoms with Crippen molar-refractivity contribution >= 4 is 58.3 Å². The quantitative estimate of drug-likeness (QED) is 0.0674. The van der Waals surface area contributed by atoms with Crippen molar-refractivity contribution < 1.29 is 25.3 Å². The van der Waals surface area contributed by atoms with Crippen LogP contribution in [0.5, 0.6) is 0 Å². The van der Waals surface area contributed by atoms with Gasteiger partial charge in [-0.1, -0.05) is 66.8 Å². The molecule has 19 heteroatoms. The smallest absolute Gasteiger partial charge is 0.270 e. The normalized spacial score (nSPS) is 14.7. The van der Waals surface area contributed by atoms with E-state index in [1.165, 1.54) is 60.7 Å². The summed E-state index contributed by atoms with van der Waals surface area (Å²) in [5.74, 6) is -1.36. The van der Waals surface area contributed by atoms with Crippen molar-refractivity contribution in [2.75, 3.05) is 46.2 Å². The van der Waals surface area contributed by atoms with E-state index in [4.69, 9.17) is 6.57 Å². The Morgan fingerprint density at radius 3 is 1.83 bits per heavy atom. The van der Waals surface area contributed by atoms with Gasteiger partial charge in [0.1, 0.15) is 0 Å². The van der Waals surface area contributed by atoms with Gasteiger partial charge in [-0.2, -0.15) is 21.0 Å². The Kier molecular flexibility index (Phi) is 17.1. The third-order valence-corrected chi connectivity index (χ3v) is 11.1. The van der Waals surface area contributed by atoms with Crippen LogP contribution in [0.2, 0.25) is 0 Å². The minimum atomic E-state index is -3.59.